The highest BCUT2D eigenvalue weighted by molar-refractivity contribution is 8.15. The van der Waals surface area contributed by atoms with Crippen LogP contribution in [-0.4, -0.2) is 40.8 Å². The first-order chi connectivity index (χ1) is 12.3. The van der Waals surface area contributed by atoms with Crippen molar-refractivity contribution in [1.29, 1.82) is 0 Å². The molecule has 2 N–H and O–H groups in total. The van der Waals surface area contributed by atoms with Crippen molar-refractivity contribution in [2.75, 3.05) is 19.0 Å². The Hall–Kier alpha value is -2.62. The van der Waals surface area contributed by atoms with Crippen LogP contribution in [0.3, 0.4) is 0 Å². The van der Waals surface area contributed by atoms with Gasteiger partial charge >= 0.3 is 0 Å². The van der Waals surface area contributed by atoms with E-state index in [9.17, 15) is 19.7 Å². The highest BCUT2D eigenvalue weighted by Gasteiger charge is 2.32. The number of nitrogens with zero attached hydrogens (tertiary/aromatic N) is 2. The van der Waals surface area contributed by atoms with Crippen molar-refractivity contribution in [3.05, 3.63) is 28.3 Å². The number of carbonyl (C=O) groups is 2. The summed E-state index contributed by atoms with van der Waals surface area (Å²) in [6, 6.07) is 4.13. The van der Waals surface area contributed by atoms with Gasteiger partial charge < -0.3 is 15.4 Å². The van der Waals surface area contributed by atoms with Gasteiger partial charge in [0.1, 0.15) is 16.7 Å². The maximum absolute atomic E-state index is 12.2. The van der Waals surface area contributed by atoms with Crippen molar-refractivity contribution in [3.8, 4) is 5.75 Å². The number of hydrogen-bond donors (Lipinski definition) is 2. The smallest absolute Gasteiger partial charge is 0.296 e. The van der Waals surface area contributed by atoms with Crippen LogP contribution < -0.4 is 15.4 Å². The molecule has 140 valence electrons. The van der Waals surface area contributed by atoms with Crippen molar-refractivity contribution in [2.45, 2.75) is 25.5 Å². The Balaban J connectivity index is 2.02. The van der Waals surface area contributed by atoms with Gasteiger partial charge in [-0.2, -0.15) is 0 Å². The summed E-state index contributed by atoms with van der Waals surface area (Å²) in [6.07, 6.45) is -0.111. The maximum Gasteiger partial charge on any atom is 0.296 e. The lowest BCUT2D eigenvalue weighted by atomic mass is 10.2. The predicted molar refractivity (Wildman–Crippen MR) is 99.6 cm³/mol. The van der Waals surface area contributed by atoms with E-state index in [-0.39, 0.29) is 23.7 Å². The Kier molecular flexibility index (Phi) is 6.56. The number of nitrogens with one attached hydrogen (secondary N) is 2. The minimum atomic E-state index is -0.613. The third kappa shape index (κ3) is 5.19. The number of nitro benzene ring substituents is 1. The Morgan fingerprint density at radius 1 is 1.50 bits per heavy atom. The number of amidine groups is 1. The molecule has 0 saturated carbocycles. The molecular formula is C16H20N4O5S. The molecule has 1 saturated heterocycles. The van der Waals surface area contributed by atoms with Crippen molar-refractivity contribution >= 4 is 40.1 Å². The molecule has 2 amide bonds. The van der Waals surface area contributed by atoms with Crippen LogP contribution in [-0.2, 0) is 9.59 Å². The summed E-state index contributed by atoms with van der Waals surface area (Å²) in [5, 5.41) is 16.2. The molecule has 1 aromatic rings. The number of anilines is 1. The third-order valence-electron chi connectivity index (χ3n) is 3.42. The summed E-state index contributed by atoms with van der Waals surface area (Å²) in [7, 11) is 1.39. The molecule has 0 unspecified atom stereocenters. The molecule has 0 bridgehead atoms. The fourth-order valence-corrected chi connectivity index (χ4v) is 3.12. The van der Waals surface area contributed by atoms with Gasteiger partial charge in [-0.3, -0.25) is 24.7 Å². The molecule has 1 aromatic carbocycles. The maximum atomic E-state index is 12.2. The SMILES string of the molecule is COc1ccc(NC(=O)C[C@H]2SC(=NCC(C)C)NC2=O)c([N+](=O)[O-])c1. The number of aliphatic imine (C=N–C) groups is 1. The quantitative estimate of drug-likeness (QED) is 0.552. The summed E-state index contributed by atoms with van der Waals surface area (Å²) < 4.78 is 4.95. The normalized spacial score (nSPS) is 18.1. The van der Waals surface area contributed by atoms with E-state index in [0.29, 0.717) is 23.4 Å². The zero-order chi connectivity index (χ0) is 19.3. The average Bonchev–Trinajstić information content (AvgIpc) is 2.92. The van der Waals surface area contributed by atoms with Crippen molar-refractivity contribution in [2.24, 2.45) is 10.9 Å². The van der Waals surface area contributed by atoms with Crippen molar-refractivity contribution < 1.29 is 19.2 Å². The van der Waals surface area contributed by atoms with E-state index in [1.165, 1.54) is 37.1 Å². The molecule has 0 radical (unpaired) electrons. The largest absolute Gasteiger partial charge is 0.496 e. The van der Waals surface area contributed by atoms with Crippen molar-refractivity contribution in [3.63, 3.8) is 0 Å². The van der Waals surface area contributed by atoms with Gasteiger partial charge in [-0.05, 0) is 18.1 Å². The molecule has 10 heteroatoms. The highest BCUT2D eigenvalue weighted by atomic mass is 32.2. The van der Waals surface area contributed by atoms with Gasteiger partial charge in [-0.25, -0.2) is 0 Å². The van der Waals surface area contributed by atoms with Crippen LogP contribution in [0.5, 0.6) is 5.75 Å². The lowest BCUT2D eigenvalue weighted by Crippen LogP contribution is -2.28. The second-order valence-corrected chi connectivity index (χ2v) is 7.22. The van der Waals surface area contributed by atoms with Gasteiger partial charge in [0.15, 0.2) is 5.17 Å². The molecule has 1 aliphatic rings. The van der Waals surface area contributed by atoms with E-state index in [0.717, 1.165) is 0 Å². The van der Waals surface area contributed by atoms with Crippen LogP contribution in [0.2, 0.25) is 0 Å². The average molecular weight is 380 g/mol. The van der Waals surface area contributed by atoms with Crippen LogP contribution in [0.1, 0.15) is 20.3 Å². The molecule has 1 heterocycles. The molecule has 1 aliphatic heterocycles. The molecular weight excluding hydrogens is 360 g/mol. The first-order valence-corrected chi connectivity index (χ1v) is 8.82. The van der Waals surface area contributed by atoms with Crippen LogP contribution in [0.15, 0.2) is 23.2 Å². The number of methoxy groups -OCH3 is 1. The zero-order valence-corrected chi connectivity index (χ0v) is 15.5. The number of amides is 2. The van der Waals surface area contributed by atoms with Gasteiger partial charge in [-0.15, -0.1) is 0 Å². The second-order valence-electron chi connectivity index (χ2n) is 6.03. The highest BCUT2D eigenvalue weighted by Crippen LogP contribution is 2.30. The van der Waals surface area contributed by atoms with E-state index in [1.54, 1.807) is 0 Å². The van der Waals surface area contributed by atoms with Gasteiger partial charge in [0.05, 0.1) is 18.1 Å². The van der Waals surface area contributed by atoms with Gasteiger partial charge in [0.2, 0.25) is 11.8 Å². The summed E-state index contributed by atoms with van der Waals surface area (Å²) in [5.74, 6) is -0.114. The molecule has 0 spiro atoms. The van der Waals surface area contributed by atoms with E-state index < -0.39 is 16.1 Å². The summed E-state index contributed by atoms with van der Waals surface area (Å²) >= 11 is 1.19. The van der Waals surface area contributed by atoms with Crippen molar-refractivity contribution in [1.82, 2.24) is 5.32 Å². The van der Waals surface area contributed by atoms with Gasteiger partial charge in [-0.1, -0.05) is 25.6 Å². The number of rotatable bonds is 7. The Labute approximate surface area is 154 Å². The Morgan fingerprint density at radius 2 is 2.23 bits per heavy atom. The monoisotopic (exact) mass is 380 g/mol. The first-order valence-electron chi connectivity index (χ1n) is 7.94. The lowest BCUT2D eigenvalue weighted by Gasteiger charge is -2.09. The molecule has 9 nitrogen and oxygen atoms in total. The van der Waals surface area contributed by atoms with E-state index in [1.807, 2.05) is 13.8 Å². The van der Waals surface area contributed by atoms with Crippen LogP contribution in [0.25, 0.3) is 0 Å². The summed E-state index contributed by atoms with van der Waals surface area (Å²) in [6.45, 7) is 4.61. The standard InChI is InChI=1S/C16H20N4O5S/c1-9(2)8-17-16-19-15(22)13(26-16)7-14(21)18-11-5-4-10(25-3)6-12(11)20(23)24/h4-6,9,13H,7-8H2,1-3H3,(H,18,21)(H,17,19,22)/t13-/m1/s1. The number of ether oxygens (including phenoxy) is 1. The van der Waals surface area contributed by atoms with Crippen LogP contribution in [0, 0.1) is 16.0 Å². The zero-order valence-electron chi connectivity index (χ0n) is 14.6. The molecule has 0 aromatic heterocycles. The predicted octanol–water partition coefficient (Wildman–Crippen LogP) is 2.18. The fourth-order valence-electron chi connectivity index (χ4n) is 2.15. The number of nitro groups is 1. The number of thioether (sulfide) groups is 1. The second kappa shape index (κ2) is 8.65. The van der Waals surface area contributed by atoms with Crippen LogP contribution in [0.4, 0.5) is 11.4 Å². The number of carbonyl (C=O) groups excluding carboxylic acids is 2. The minimum Gasteiger partial charge on any atom is -0.496 e. The van der Waals surface area contributed by atoms with Gasteiger partial charge in [0, 0.05) is 13.0 Å². The number of hydrogen-bond acceptors (Lipinski definition) is 7. The Bertz CT molecular complexity index is 750. The lowest BCUT2D eigenvalue weighted by molar-refractivity contribution is -0.384. The fraction of sp³-hybridized carbons (Fsp3) is 0.438. The molecule has 1 atom stereocenters. The Morgan fingerprint density at radius 3 is 2.85 bits per heavy atom. The summed E-state index contributed by atoms with van der Waals surface area (Å²) in [4.78, 5) is 39.0. The number of benzene rings is 1. The van der Waals surface area contributed by atoms with E-state index in [4.69, 9.17) is 4.74 Å². The first kappa shape index (κ1) is 19.7. The van der Waals surface area contributed by atoms with E-state index in [2.05, 4.69) is 15.6 Å². The molecule has 1 fully saturated rings. The minimum absolute atomic E-state index is 0.0536. The molecule has 2 rings (SSSR count). The van der Waals surface area contributed by atoms with E-state index >= 15 is 0 Å². The third-order valence-corrected chi connectivity index (χ3v) is 4.54. The molecule has 0 aliphatic carbocycles. The topological polar surface area (TPSA) is 123 Å². The van der Waals surface area contributed by atoms with Crippen LogP contribution >= 0.6 is 11.8 Å². The molecule has 26 heavy (non-hydrogen) atoms. The summed E-state index contributed by atoms with van der Waals surface area (Å²) in [5.41, 5.74) is -0.224. The van der Waals surface area contributed by atoms with Gasteiger partial charge in [0.25, 0.3) is 5.69 Å².